The van der Waals surface area contributed by atoms with Gasteiger partial charge in [0.15, 0.2) is 0 Å². The van der Waals surface area contributed by atoms with E-state index in [-0.39, 0.29) is 6.04 Å². The number of hydrogen-bond donors (Lipinski definition) is 1. The van der Waals surface area contributed by atoms with Crippen LogP contribution in [0.15, 0.2) is 0 Å². The lowest BCUT2D eigenvalue weighted by Crippen LogP contribution is -2.39. The van der Waals surface area contributed by atoms with Crippen molar-refractivity contribution >= 4 is 0 Å². The van der Waals surface area contributed by atoms with Crippen molar-refractivity contribution in [3.05, 3.63) is 0 Å². The zero-order chi connectivity index (χ0) is 7.40. The Morgan fingerprint density at radius 1 is 1.40 bits per heavy atom. The van der Waals surface area contributed by atoms with Crippen LogP contribution in [0.5, 0.6) is 0 Å². The summed E-state index contributed by atoms with van der Waals surface area (Å²) in [5, 5.41) is 0. The van der Waals surface area contributed by atoms with Crippen molar-refractivity contribution in [2.75, 3.05) is 7.11 Å². The van der Waals surface area contributed by atoms with Gasteiger partial charge >= 0.3 is 0 Å². The third kappa shape index (κ3) is 1.92. The topological polar surface area (TPSA) is 21.3 Å². The smallest absolute Gasteiger partial charge is 0.118 e. The molecule has 0 heterocycles. The van der Waals surface area contributed by atoms with Crippen molar-refractivity contribution in [2.24, 2.45) is 0 Å². The van der Waals surface area contributed by atoms with Crippen molar-refractivity contribution in [1.82, 2.24) is 5.48 Å². The van der Waals surface area contributed by atoms with Crippen LogP contribution in [0.2, 0.25) is 0 Å². The molecule has 2 atom stereocenters. The molecule has 0 aromatic rings. The molecule has 1 fully saturated rings. The van der Waals surface area contributed by atoms with Crippen LogP contribution in [0, 0.1) is 0 Å². The van der Waals surface area contributed by atoms with Crippen LogP contribution in [0.1, 0.15) is 25.7 Å². The van der Waals surface area contributed by atoms with E-state index in [1.54, 1.807) is 0 Å². The fourth-order valence-electron chi connectivity index (χ4n) is 1.37. The highest BCUT2D eigenvalue weighted by molar-refractivity contribution is 4.77. The molecule has 10 heavy (non-hydrogen) atoms. The fraction of sp³-hybridized carbons (Fsp3) is 1.00. The third-order valence-electron chi connectivity index (χ3n) is 1.95. The van der Waals surface area contributed by atoms with Crippen LogP contribution in [0.3, 0.4) is 0 Å². The minimum atomic E-state index is -0.714. The zero-order valence-corrected chi connectivity index (χ0v) is 6.27. The van der Waals surface area contributed by atoms with E-state index in [1.165, 1.54) is 7.11 Å². The number of hydroxylamine groups is 1. The van der Waals surface area contributed by atoms with Gasteiger partial charge in [-0.1, -0.05) is 12.8 Å². The summed E-state index contributed by atoms with van der Waals surface area (Å²) >= 11 is 0. The van der Waals surface area contributed by atoms with E-state index in [1.807, 2.05) is 0 Å². The van der Waals surface area contributed by atoms with Crippen molar-refractivity contribution in [3.8, 4) is 0 Å². The summed E-state index contributed by atoms with van der Waals surface area (Å²) in [7, 11) is 1.53. The van der Waals surface area contributed by atoms with Crippen molar-refractivity contribution in [3.63, 3.8) is 0 Å². The van der Waals surface area contributed by atoms with Gasteiger partial charge < -0.3 is 4.84 Å². The Labute approximate surface area is 60.7 Å². The zero-order valence-electron chi connectivity index (χ0n) is 6.27. The van der Waals surface area contributed by atoms with E-state index >= 15 is 0 Å². The molecule has 3 heteroatoms. The maximum atomic E-state index is 12.9. The van der Waals surface area contributed by atoms with E-state index in [9.17, 15) is 4.39 Å². The average Bonchev–Trinajstić information content (AvgIpc) is 1.94. The van der Waals surface area contributed by atoms with Gasteiger partial charge in [0.1, 0.15) is 6.17 Å². The summed E-state index contributed by atoms with van der Waals surface area (Å²) in [6, 6.07) is -0.0706. The first-order chi connectivity index (χ1) is 4.84. The maximum absolute atomic E-state index is 12.9. The number of hydrogen-bond acceptors (Lipinski definition) is 2. The Balaban J connectivity index is 2.25. The highest BCUT2D eigenvalue weighted by atomic mass is 19.1. The second-order valence-corrected chi connectivity index (χ2v) is 2.73. The average molecular weight is 147 g/mol. The van der Waals surface area contributed by atoms with Gasteiger partial charge in [0.2, 0.25) is 0 Å². The summed E-state index contributed by atoms with van der Waals surface area (Å²) < 4.78 is 12.9. The van der Waals surface area contributed by atoms with E-state index in [0.717, 1.165) is 19.3 Å². The molecular weight excluding hydrogens is 133 g/mol. The summed E-state index contributed by atoms with van der Waals surface area (Å²) in [6.45, 7) is 0. The standard InChI is InChI=1S/C7H14FNO/c1-10-9-7-5-3-2-4-6(7)8/h6-7,9H,2-5H2,1H3. The predicted molar refractivity (Wildman–Crippen MR) is 37.3 cm³/mol. The first-order valence-electron chi connectivity index (χ1n) is 3.77. The van der Waals surface area contributed by atoms with Gasteiger partial charge in [-0.2, -0.15) is 5.48 Å². The van der Waals surface area contributed by atoms with Crippen molar-refractivity contribution < 1.29 is 9.23 Å². The normalized spacial score (nSPS) is 34.2. The van der Waals surface area contributed by atoms with Crippen LogP contribution < -0.4 is 5.48 Å². The molecule has 0 aromatic heterocycles. The third-order valence-corrected chi connectivity index (χ3v) is 1.95. The molecule has 60 valence electrons. The molecule has 1 aliphatic carbocycles. The number of alkyl halides is 1. The molecule has 2 nitrogen and oxygen atoms in total. The molecule has 1 N–H and O–H groups in total. The lowest BCUT2D eigenvalue weighted by atomic mass is 9.94. The highest BCUT2D eigenvalue weighted by Crippen LogP contribution is 2.20. The molecule has 0 amide bonds. The minimum absolute atomic E-state index is 0.0706. The lowest BCUT2D eigenvalue weighted by molar-refractivity contribution is 0.0175. The monoisotopic (exact) mass is 147 g/mol. The second-order valence-electron chi connectivity index (χ2n) is 2.73. The van der Waals surface area contributed by atoms with Gasteiger partial charge in [-0.15, -0.1) is 0 Å². The van der Waals surface area contributed by atoms with E-state index in [4.69, 9.17) is 0 Å². The molecule has 2 unspecified atom stereocenters. The summed E-state index contributed by atoms with van der Waals surface area (Å²) in [6.07, 6.45) is 2.99. The molecule has 0 saturated heterocycles. The molecule has 1 aliphatic rings. The molecule has 0 spiro atoms. The van der Waals surface area contributed by atoms with Crippen LogP contribution in [-0.2, 0) is 4.84 Å². The van der Waals surface area contributed by atoms with Gasteiger partial charge in [-0.05, 0) is 12.8 Å². The van der Waals surface area contributed by atoms with Gasteiger partial charge in [0, 0.05) is 0 Å². The fourth-order valence-corrected chi connectivity index (χ4v) is 1.37. The Morgan fingerprint density at radius 2 is 2.10 bits per heavy atom. The summed E-state index contributed by atoms with van der Waals surface area (Å²) in [5.41, 5.74) is 2.66. The highest BCUT2D eigenvalue weighted by Gasteiger charge is 2.23. The number of halogens is 1. The first kappa shape index (κ1) is 7.95. The Hall–Kier alpha value is -0.150. The van der Waals surface area contributed by atoms with Crippen LogP contribution in [0.4, 0.5) is 4.39 Å². The Bertz CT molecular complexity index is 97.6. The van der Waals surface area contributed by atoms with Crippen LogP contribution in [-0.4, -0.2) is 19.3 Å². The molecule has 0 radical (unpaired) electrons. The number of rotatable bonds is 2. The molecule has 0 aromatic carbocycles. The van der Waals surface area contributed by atoms with Crippen LogP contribution >= 0.6 is 0 Å². The largest absolute Gasteiger partial charge is 0.305 e. The van der Waals surface area contributed by atoms with E-state index in [0.29, 0.717) is 6.42 Å². The summed E-state index contributed by atoms with van der Waals surface area (Å²) in [5.74, 6) is 0. The van der Waals surface area contributed by atoms with Gasteiger partial charge in [-0.3, -0.25) is 0 Å². The first-order valence-corrected chi connectivity index (χ1v) is 3.77. The molecule has 0 aliphatic heterocycles. The minimum Gasteiger partial charge on any atom is -0.305 e. The molecular formula is C7H14FNO. The quantitative estimate of drug-likeness (QED) is 0.596. The van der Waals surface area contributed by atoms with Gasteiger partial charge in [-0.25, -0.2) is 4.39 Å². The Kier molecular flexibility index (Phi) is 3.09. The molecule has 0 bridgehead atoms. The van der Waals surface area contributed by atoms with Gasteiger partial charge in [0.05, 0.1) is 13.2 Å². The van der Waals surface area contributed by atoms with E-state index < -0.39 is 6.17 Å². The second kappa shape index (κ2) is 3.88. The lowest BCUT2D eigenvalue weighted by Gasteiger charge is -2.25. The Morgan fingerprint density at radius 3 is 2.70 bits per heavy atom. The summed E-state index contributed by atoms with van der Waals surface area (Å²) in [4.78, 5) is 4.66. The predicted octanol–water partition coefficient (Wildman–Crippen LogP) is 1.42. The number of nitrogens with one attached hydrogen (secondary N) is 1. The SMILES string of the molecule is CONC1CCCCC1F. The van der Waals surface area contributed by atoms with Crippen molar-refractivity contribution in [2.45, 2.75) is 37.9 Å². The van der Waals surface area contributed by atoms with Crippen molar-refractivity contribution in [1.29, 1.82) is 0 Å². The molecule has 1 rings (SSSR count). The van der Waals surface area contributed by atoms with E-state index in [2.05, 4.69) is 10.3 Å². The molecule has 1 saturated carbocycles. The van der Waals surface area contributed by atoms with Gasteiger partial charge in [0.25, 0.3) is 0 Å². The maximum Gasteiger partial charge on any atom is 0.118 e. The van der Waals surface area contributed by atoms with Crippen LogP contribution in [0.25, 0.3) is 0 Å².